The van der Waals surface area contributed by atoms with E-state index in [1.165, 1.54) is 5.56 Å². The molecule has 5 atom stereocenters. The molecule has 1 aromatic rings. The summed E-state index contributed by atoms with van der Waals surface area (Å²) < 4.78 is 132. The molecule has 0 aliphatic carbocycles. The van der Waals surface area contributed by atoms with Crippen LogP contribution < -0.4 is 0 Å². The van der Waals surface area contributed by atoms with Crippen LogP contribution in [0.2, 0.25) is 95.7 Å². The number of alkyl halides is 5. The molecule has 23 heteroatoms. The number of hydrogen-bond acceptors (Lipinski definition) is 11. The molecule has 5 unspecified atom stereocenters. The lowest BCUT2D eigenvalue weighted by atomic mass is 10.1. The van der Waals surface area contributed by atoms with Gasteiger partial charge in [-0.15, -0.1) is 0 Å². The first kappa shape index (κ1) is 58.1. The highest BCUT2D eigenvalue weighted by Crippen LogP contribution is 2.33. The van der Waals surface area contributed by atoms with Crippen LogP contribution in [0.25, 0.3) is 0 Å². The summed E-state index contributed by atoms with van der Waals surface area (Å²) in [5.41, 5.74) is 1.23. The molecular formula is C39H79F5O11Si7. The fourth-order valence-corrected chi connectivity index (χ4v) is 41.5. The smallest absolute Gasteiger partial charge is 0.391 e. The summed E-state index contributed by atoms with van der Waals surface area (Å²) in [7, 11) is -18.9. The number of hydrogen-bond donors (Lipinski definition) is 0. The third-order valence-electron chi connectivity index (χ3n) is 10.0. The van der Waals surface area contributed by atoms with Gasteiger partial charge >= 0.3 is 49.7 Å². The van der Waals surface area contributed by atoms with Crippen molar-refractivity contribution in [3.63, 3.8) is 0 Å². The Kier molecular flexibility index (Phi) is 26.5. The summed E-state index contributed by atoms with van der Waals surface area (Å²) >= 11 is 0. The molecule has 11 nitrogen and oxygen atoms in total. The fraction of sp³-hybridized carbons (Fsp3) is 0.846. The zero-order valence-electron chi connectivity index (χ0n) is 39.3. The number of benzene rings is 1. The third kappa shape index (κ3) is 28.2. The normalized spacial score (nSPS) is 18.6. The third-order valence-corrected chi connectivity index (χ3v) is 38.9. The van der Waals surface area contributed by atoms with Crippen molar-refractivity contribution >= 4 is 60.2 Å². The predicted octanol–water partition coefficient (Wildman–Crippen LogP) is 10.7. The Labute approximate surface area is 377 Å². The summed E-state index contributed by atoms with van der Waals surface area (Å²) in [5, 5.41) is 0. The molecule has 0 bridgehead atoms. The minimum atomic E-state index is -4.24. The van der Waals surface area contributed by atoms with E-state index in [1.54, 1.807) is 0 Å². The van der Waals surface area contributed by atoms with Crippen LogP contribution in [0.4, 0.5) is 22.0 Å². The Bertz CT molecular complexity index is 1350. The molecule has 62 heavy (non-hydrogen) atoms. The number of halogens is 5. The maximum absolute atomic E-state index is 12.8. The van der Waals surface area contributed by atoms with Gasteiger partial charge in [-0.2, -0.15) is 13.2 Å². The van der Waals surface area contributed by atoms with Crippen LogP contribution in [0.5, 0.6) is 0 Å². The van der Waals surface area contributed by atoms with Crippen molar-refractivity contribution in [2.75, 3.05) is 60.0 Å². The minimum absolute atomic E-state index is 0.160. The first-order valence-corrected chi connectivity index (χ1v) is 40.9. The van der Waals surface area contributed by atoms with Crippen LogP contribution in [0.15, 0.2) is 30.3 Å². The molecule has 2 rings (SSSR count). The number of ether oxygens (including phenoxy) is 5. The van der Waals surface area contributed by atoms with Gasteiger partial charge in [-0.3, -0.25) is 0 Å². The van der Waals surface area contributed by atoms with Gasteiger partial charge in [-0.25, -0.2) is 8.78 Å². The van der Waals surface area contributed by atoms with Crippen LogP contribution in [0, 0.1) is 0 Å². The Hall–Kier alpha value is -0.0518. The van der Waals surface area contributed by atoms with E-state index in [4.69, 9.17) is 48.4 Å². The van der Waals surface area contributed by atoms with Gasteiger partial charge < -0.3 is 48.4 Å². The molecule has 0 radical (unpaired) electrons. The lowest BCUT2D eigenvalue weighted by Gasteiger charge is -2.44. The van der Waals surface area contributed by atoms with Gasteiger partial charge in [0.25, 0.3) is 0 Å². The molecule has 1 aliphatic heterocycles. The molecule has 364 valence electrons. The van der Waals surface area contributed by atoms with Crippen molar-refractivity contribution in [3.05, 3.63) is 35.9 Å². The summed E-state index contributed by atoms with van der Waals surface area (Å²) in [6, 6.07) is 13.8. The van der Waals surface area contributed by atoms with E-state index in [1.807, 2.05) is 44.4 Å². The van der Waals surface area contributed by atoms with Crippen LogP contribution in [0.3, 0.4) is 0 Å². The maximum Gasteiger partial charge on any atom is 0.391 e. The summed E-state index contributed by atoms with van der Waals surface area (Å²) in [6.45, 7) is 21.4. The highest BCUT2D eigenvalue weighted by Gasteiger charge is 2.49. The van der Waals surface area contributed by atoms with E-state index >= 15 is 0 Å². The fourth-order valence-electron chi connectivity index (χ4n) is 7.65. The van der Waals surface area contributed by atoms with Gasteiger partial charge in [0.1, 0.15) is 6.10 Å². The molecule has 1 aliphatic rings. The average molecular weight is 1020 g/mol. The highest BCUT2D eigenvalue weighted by molar-refractivity contribution is 6.90. The van der Waals surface area contributed by atoms with E-state index in [-0.39, 0.29) is 25.9 Å². The molecule has 0 N–H and O–H groups in total. The van der Waals surface area contributed by atoms with Crippen molar-refractivity contribution in [3.8, 4) is 0 Å². The number of rotatable bonds is 38. The quantitative estimate of drug-likeness (QED) is 0.0274. The summed E-state index contributed by atoms with van der Waals surface area (Å²) in [6.07, 6.45) is -0.771. The van der Waals surface area contributed by atoms with Gasteiger partial charge in [-0.05, 0) is 140 Å². The van der Waals surface area contributed by atoms with Gasteiger partial charge in [0.2, 0.25) is 0 Å². The van der Waals surface area contributed by atoms with Crippen molar-refractivity contribution in [1.82, 2.24) is 0 Å². The Morgan fingerprint density at radius 3 is 1.61 bits per heavy atom. The molecule has 0 amide bonds. The monoisotopic (exact) mass is 1010 g/mol. The zero-order chi connectivity index (χ0) is 46.4. The molecule has 0 aromatic heterocycles. The highest BCUT2D eigenvalue weighted by atomic mass is 28.5. The van der Waals surface area contributed by atoms with Crippen molar-refractivity contribution in [2.45, 2.75) is 153 Å². The predicted molar refractivity (Wildman–Crippen MR) is 250 cm³/mol. The Morgan fingerprint density at radius 1 is 0.597 bits per heavy atom. The first-order chi connectivity index (χ1) is 28.9. The number of epoxide rings is 1. The van der Waals surface area contributed by atoms with Crippen LogP contribution >= 0.6 is 0 Å². The topological polar surface area (TPSA) is 105 Å². The lowest BCUT2D eigenvalue weighted by Crippen LogP contribution is -2.59. The minimum Gasteiger partial charge on any atom is -0.436 e. The summed E-state index contributed by atoms with van der Waals surface area (Å²) in [4.78, 5) is 0. The molecule has 1 saturated heterocycles. The second-order valence-electron chi connectivity index (χ2n) is 18.3. The van der Waals surface area contributed by atoms with Gasteiger partial charge in [0.15, 0.2) is 30.4 Å². The van der Waals surface area contributed by atoms with Crippen LogP contribution in [-0.2, 0) is 54.8 Å². The van der Waals surface area contributed by atoms with E-state index in [2.05, 4.69) is 51.4 Å². The molecular weight excluding hydrogens is 936 g/mol. The SMILES string of the molecule is C[SiH](O[Si](C)(C)O[Si](C)(CCCOCF)O[Si](C)(C)CCCOCF)O[Si](C)(CCCOCC1CO1)O[Si](C)(CCCc1ccccc1)O[Si](C)(C)CCCOCCC(F)(F)F. The van der Waals surface area contributed by atoms with Gasteiger partial charge in [0, 0.05) is 26.4 Å². The standard InChI is InChI=1S/C39H79F5O11Si7/c1-56(50-59(6,7)54-61(9,32-18-26-48-36-41)52-57(2,3)29-16-25-47-35-40)51-60(8,31-17-24-46-33-38-34-49-38)55-62(10,30-14-21-37-19-12-11-13-20-37)53-58(4,5)28-15-23-45-27-22-39(42,43)44/h11-13,19-20,38,56H,14-18,21-36H2,1-10H3. The largest absolute Gasteiger partial charge is 0.436 e. The van der Waals surface area contributed by atoms with Crippen molar-refractivity contribution in [1.29, 1.82) is 0 Å². The van der Waals surface area contributed by atoms with E-state index in [0.29, 0.717) is 63.6 Å². The number of aryl methyl sites for hydroxylation is 1. The summed E-state index contributed by atoms with van der Waals surface area (Å²) in [5.74, 6) is 0. The van der Waals surface area contributed by atoms with Gasteiger partial charge in [0.05, 0.1) is 26.2 Å². The van der Waals surface area contributed by atoms with Crippen molar-refractivity contribution < 1.29 is 70.3 Å². The Morgan fingerprint density at radius 2 is 1.08 bits per heavy atom. The van der Waals surface area contributed by atoms with Crippen LogP contribution in [-0.4, -0.2) is 132 Å². The molecule has 1 heterocycles. The second-order valence-corrected chi connectivity index (χ2v) is 43.8. The van der Waals surface area contributed by atoms with E-state index < -0.39 is 86.5 Å². The van der Waals surface area contributed by atoms with Gasteiger partial charge in [-0.1, -0.05) is 30.3 Å². The van der Waals surface area contributed by atoms with E-state index in [0.717, 1.165) is 31.5 Å². The molecule has 0 spiro atoms. The second kappa shape index (κ2) is 28.3. The maximum atomic E-state index is 12.8. The lowest BCUT2D eigenvalue weighted by molar-refractivity contribution is -0.145. The zero-order valence-corrected chi connectivity index (χ0v) is 46.4. The molecule has 0 saturated carbocycles. The average Bonchev–Trinajstić information content (AvgIpc) is 3.96. The molecule has 1 fully saturated rings. The van der Waals surface area contributed by atoms with Crippen molar-refractivity contribution in [2.24, 2.45) is 0 Å². The van der Waals surface area contributed by atoms with E-state index in [9.17, 15) is 22.0 Å². The first-order valence-electron chi connectivity index (χ1n) is 22.2. The van der Waals surface area contributed by atoms with Crippen LogP contribution in [0.1, 0.15) is 44.1 Å². The molecule has 1 aromatic carbocycles. The Balaban J connectivity index is 2.30.